The van der Waals surface area contributed by atoms with Crippen molar-refractivity contribution in [3.63, 3.8) is 0 Å². The number of hydrogen-bond acceptors (Lipinski definition) is 16. The van der Waals surface area contributed by atoms with Crippen molar-refractivity contribution < 1.29 is 70.5 Å². The lowest BCUT2D eigenvalue weighted by Gasteiger charge is -2.37. The Balaban J connectivity index is 1.18. The third kappa shape index (κ3) is 10.3. The minimum absolute atomic E-state index is 0.0319. The monoisotopic (exact) mass is 994 g/mol. The number of nitrogens with zero attached hydrogens (tertiary/aromatic N) is 4. The molecule has 1 spiro atoms. The van der Waals surface area contributed by atoms with E-state index in [9.17, 15) is 57.4 Å². The normalized spacial score (nSPS) is 14.1. The van der Waals surface area contributed by atoms with Gasteiger partial charge in [-0.3, -0.25) is 49.0 Å². The molecule has 71 heavy (non-hydrogen) atoms. The summed E-state index contributed by atoms with van der Waals surface area (Å²) in [5, 5.41) is 28.7. The maximum absolute atomic E-state index is 13.7. The van der Waals surface area contributed by atoms with Crippen LogP contribution in [-0.2, 0) is 43.1 Å². The number of Topliss-reactive ketones (excluding diaryl/α,β-unsaturated/α-hetero) is 1. The number of ketones is 1. The first-order valence-electron chi connectivity index (χ1n) is 21.4. The number of hydrogen-bond donors (Lipinski definition) is 3. The first kappa shape index (κ1) is 50.1. The van der Waals surface area contributed by atoms with Gasteiger partial charge in [-0.2, -0.15) is 8.42 Å². The fraction of sp³-hybridized carbons (Fsp3) is 0.234. The standard InChI is InChI=1S/C47H42N6O17S/c1-5-16-48-42(55)28-7-14-38(52(60)61)30(19-28)24-67-45(58)50(3)32-9-12-35-40(22-32)69-41-23-33(10-13-36(41)47(35)37-21-27(26(2)54)6-11-34(37)44(57)70-47)51(4)46(59)68-25-31-20-29(8-15-39(31)53(62)63)43(56)49-17-18-71(64,65)66/h6-15,19-23H,5,16-18,24-25H2,1-4H3,(H,48,55)(H,49,56)(H,64,65,66). The largest absolute Gasteiger partial charge is 0.456 e. The molecule has 0 aromatic heterocycles. The molecule has 0 saturated heterocycles. The van der Waals surface area contributed by atoms with Crippen molar-refractivity contribution in [2.45, 2.75) is 39.1 Å². The van der Waals surface area contributed by atoms with Gasteiger partial charge in [0.05, 0.1) is 43.7 Å². The summed E-state index contributed by atoms with van der Waals surface area (Å²) in [6.07, 6.45) is -1.34. The van der Waals surface area contributed by atoms with Crippen molar-refractivity contribution in [1.82, 2.24) is 10.6 Å². The molecule has 2 aliphatic heterocycles. The maximum atomic E-state index is 13.7. The molecule has 1 unspecified atom stereocenters. The van der Waals surface area contributed by atoms with Crippen LogP contribution in [0.4, 0.5) is 32.3 Å². The Morgan fingerprint density at radius 3 is 1.62 bits per heavy atom. The van der Waals surface area contributed by atoms with E-state index in [1.165, 1.54) is 87.7 Å². The van der Waals surface area contributed by atoms with Gasteiger partial charge in [0.2, 0.25) is 0 Å². The fourth-order valence-corrected chi connectivity index (χ4v) is 8.16. The maximum Gasteiger partial charge on any atom is 0.414 e. The predicted octanol–water partition coefficient (Wildman–Crippen LogP) is 6.58. The minimum atomic E-state index is -4.39. The molecule has 5 aromatic rings. The van der Waals surface area contributed by atoms with Gasteiger partial charge in [-0.15, -0.1) is 0 Å². The van der Waals surface area contributed by atoms with Crippen LogP contribution in [0.1, 0.15) is 89.5 Å². The molecule has 368 valence electrons. The van der Waals surface area contributed by atoms with E-state index in [-0.39, 0.29) is 84.4 Å². The highest BCUT2D eigenvalue weighted by Gasteiger charge is 2.54. The average Bonchev–Trinajstić information content (AvgIpc) is 3.63. The summed E-state index contributed by atoms with van der Waals surface area (Å²) in [5.41, 5.74) is -1.38. The van der Waals surface area contributed by atoms with Crippen LogP contribution in [0.25, 0.3) is 0 Å². The van der Waals surface area contributed by atoms with Crippen LogP contribution in [0.15, 0.2) is 91.0 Å². The van der Waals surface area contributed by atoms with Crippen LogP contribution in [0.2, 0.25) is 0 Å². The lowest BCUT2D eigenvalue weighted by molar-refractivity contribution is -0.386. The number of anilines is 2. The molecule has 2 aliphatic rings. The first-order valence-corrected chi connectivity index (χ1v) is 23.0. The van der Waals surface area contributed by atoms with E-state index in [0.717, 1.165) is 34.1 Å². The topological polar surface area (TPSA) is 311 Å². The third-order valence-electron chi connectivity index (χ3n) is 11.5. The summed E-state index contributed by atoms with van der Waals surface area (Å²) < 4.78 is 54.7. The highest BCUT2D eigenvalue weighted by Crippen LogP contribution is 2.57. The lowest BCUT2D eigenvalue weighted by atomic mass is 9.77. The van der Waals surface area contributed by atoms with E-state index < -0.39 is 86.7 Å². The van der Waals surface area contributed by atoms with Crippen molar-refractivity contribution in [2.24, 2.45) is 0 Å². The molecule has 0 saturated carbocycles. The first-order chi connectivity index (χ1) is 33.6. The molecular formula is C47H42N6O17S. The zero-order chi connectivity index (χ0) is 51.5. The van der Waals surface area contributed by atoms with Gasteiger partial charge in [0, 0.05) is 84.8 Å². The number of carbonyl (C=O) groups excluding carboxylic acids is 6. The summed E-state index contributed by atoms with van der Waals surface area (Å²) in [5.74, 6) is -3.05. The second-order valence-electron chi connectivity index (χ2n) is 16.1. The van der Waals surface area contributed by atoms with E-state index >= 15 is 0 Å². The Morgan fingerprint density at radius 2 is 1.17 bits per heavy atom. The van der Waals surface area contributed by atoms with Gasteiger partial charge >= 0.3 is 18.2 Å². The molecule has 0 fully saturated rings. The Labute approximate surface area is 403 Å². The Kier molecular flexibility index (Phi) is 14.2. The SMILES string of the molecule is CCCNC(=O)c1ccc([N+](=O)[O-])c(COC(=O)N(C)c2ccc3c(c2)Oc2cc(N(C)C(=O)OCc4cc(C(=O)NCCS(=O)(=O)O)ccc4[N+](=O)[O-])ccc2C32OC(=O)c3ccc(C(C)=O)cc32)c1. The zero-order valence-corrected chi connectivity index (χ0v) is 38.9. The molecule has 5 aromatic carbocycles. The van der Waals surface area contributed by atoms with Crippen LogP contribution < -0.4 is 25.2 Å². The number of carbonyl (C=O) groups is 6. The fourth-order valence-electron chi connectivity index (χ4n) is 7.80. The number of nitro groups is 2. The predicted molar refractivity (Wildman–Crippen MR) is 249 cm³/mol. The van der Waals surface area contributed by atoms with E-state index in [4.69, 9.17) is 23.5 Å². The van der Waals surface area contributed by atoms with Crippen molar-refractivity contribution in [3.05, 3.63) is 161 Å². The number of ether oxygens (including phenoxy) is 4. The molecule has 24 heteroatoms. The van der Waals surface area contributed by atoms with Crippen LogP contribution in [0, 0.1) is 20.2 Å². The van der Waals surface area contributed by atoms with Crippen LogP contribution in [0.3, 0.4) is 0 Å². The highest BCUT2D eigenvalue weighted by atomic mass is 32.2. The molecule has 1 atom stereocenters. The summed E-state index contributed by atoms with van der Waals surface area (Å²) in [6, 6.07) is 20.3. The Hall–Kier alpha value is -8.77. The van der Waals surface area contributed by atoms with Gasteiger partial charge in [-0.25, -0.2) is 14.4 Å². The minimum Gasteiger partial charge on any atom is -0.456 e. The number of nitro benzene ring substituents is 2. The smallest absolute Gasteiger partial charge is 0.414 e. The molecule has 2 heterocycles. The van der Waals surface area contributed by atoms with E-state index in [2.05, 4.69) is 10.6 Å². The van der Waals surface area contributed by atoms with Crippen molar-refractivity contribution in [3.8, 4) is 11.5 Å². The Morgan fingerprint density at radius 1 is 0.690 bits per heavy atom. The number of fused-ring (bicyclic) bond motifs is 6. The second-order valence-corrected chi connectivity index (χ2v) is 17.6. The average molecular weight is 995 g/mol. The molecule has 7 rings (SSSR count). The van der Waals surface area contributed by atoms with Gasteiger partial charge < -0.3 is 29.6 Å². The van der Waals surface area contributed by atoms with E-state index in [1.54, 1.807) is 0 Å². The summed E-state index contributed by atoms with van der Waals surface area (Å²) in [6.45, 7) is 1.83. The number of nitrogens with one attached hydrogen (secondary N) is 2. The molecule has 23 nitrogen and oxygen atoms in total. The van der Waals surface area contributed by atoms with E-state index in [0.29, 0.717) is 13.0 Å². The van der Waals surface area contributed by atoms with Gasteiger partial charge in [0.1, 0.15) is 24.7 Å². The van der Waals surface area contributed by atoms with Crippen molar-refractivity contribution in [1.29, 1.82) is 0 Å². The number of benzene rings is 5. The van der Waals surface area contributed by atoms with Crippen molar-refractivity contribution >= 4 is 68.6 Å². The molecule has 3 N–H and O–H groups in total. The summed E-state index contributed by atoms with van der Waals surface area (Å²) in [4.78, 5) is 103. The highest BCUT2D eigenvalue weighted by molar-refractivity contribution is 7.85. The Bertz CT molecular complexity index is 3200. The quantitative estimate of drug-likeness (QED) is 0.0235. The lowest BCUT2D eigenvalue weighted by Crippen LogP contribution is -2.34. The molecular weight excluding hydrogens is 953 g/mol. The molecule has 4 amide bonds. The van der Waals surface area contributed by atoms with Gasteiger partial charge in [-0.05, 0) is 74.0 Å². The van der Waals surface area contributed by atoms with Crippen molar-refractivity contribution in [2.75, 3.05) is 42.7 Å². The summed E-state index contributed by atoms with van der Waals surface area (Å²) in [7, 11) is -1.71. The van der Waals surface area contributed by atoms with E-state index in [1.807, 2.05) is 6.92 Å². The number of amides is 4. The molecule has 0 bridgehead atoms. The number of rotatable bonds is 16. The molecule has 0 radical (unpaired) electrons. The van der Waals surface area contributed by atoms with Gasteiger partial charge in [-0.1, -0.05) is 13.0 Å². The van der Waals surface area contributed by atoms with Crippen LogP contribution in [-0.4, -0.2) is 91.5 Å². The summed E-state index contributed by atoms with van der Waals surface area (Å²) >= 11 is 0. The second kappa shape index (κ2) is 20.1. The molecule has 0 aliphatic carbocycles. The third-order valence-corrected chi connectivity index (χ3v) is 12.2. The number of esters is 1. The van der Waals surface area contributed by atoms with Crippen LogP contribution >= 0.6 is 0 Å². The van der Waals surface area contributed by atoms with Crippen LogP contribution in [0.5, 0.6) is 11.5 Å². The zero-order valence-electron chi connectivity index (χ0n) is 38.1. The van der Waals surface area contributed by atoms with Gasteiger partial charge in [0.25, 0.3) is 33.3 Å². The van der Waals surface area contributed by atoms with Gasteiger partial charge in [0.15, 0.2) is 11.4 Å².